The van der Waals surface area contributed by atoms with Crippen LogP contribution < -0.4 is 4.74 Å². The minimum atomic E-state index is -0.281. The lowest BCUT2D eigenvalue weighted by atomic mass is 9.86. The normalized spacial score (nSPS) is 11.9. The van der Waals surface area contributed by atoms with Gasteiger partial charge in [0.1, 0.15) is 0 Å². The monoisotopic (exact) mass is 210 g/mol. The second kappa shape index (κ2) is 4.21. The van der Waals surface area contributed by atoms with Gasteiger partial charge in [-0.1, -0.05) is 32.9 Å². The zero-order valence-corrected chi connectivity index (χ0v) is 10.1. The van der Waals surface area contributed by atoms with E-state index >= 15 is 0 Å². The Morgan fingerprint density at radius 3 is 2.27 bits per heavy atom. The quantitative estimate of drug-likeness (QED) is 0.719. The molecule has 1 aromatic carbocycles. The maximum atomic E-state index is 13.6. The van der Waals surface area contributed by atoms with E-state index in [1.807, 2.05) is 19.9 Å². The molecule has 0 amide bonds. The maximum absolute atomic E-state index is 13.6. The lowest BCUT2D eigenvalue weighted by Gasteiger charge is -2.24. The van der Waals surface area contributed by atoms with Crippen LogP contribution in [0.2, 0.25) is 0 Å². The second-order valence-electron chi connectivity index (χ2n) is 5.03. The minimum Gasteiger partial charge on any atom is -0.488 e. The Hall–Kier alpha value is -1.05. The average Bonchev–Trinajstić information content (AvgIpc) is 2.05. The zero-order chi connectivity index (χ0) is 11.6. The van der Waals surface area contributed by atoms with Crippen molar-refractivity contribution in [3.8, 4) is 5.75 Å². The molecule has 0 bridgehead atoms. The lowest BCUT2D eigenvalue weighted by molar-refractivity contribution is 0.225. The topological polar surface area (TPSA) is 9.23 Å². The Bertz CT molecular complexity index is 337. The largest absolute Gasteiger partial charge is 0.488 e. The van der Waals surface area contributed by atoms with Crippen LogP contribution in [0.4, 0.5) is 4.39 Å². The maximum Gasteiger partial charge on any atom is 0.165 e. The van der Waals surface area contributed by atoms with Gasteiger partial charge in [-0.05, 0) is 25.3 Å². The van der Waals surface area contributed by atoms with Gasteiger partial charge < -0.3 is 4.74 Å². The Balaban J connectivity index is 3.21. The molecule has 0 aliphatic heterocycles. The molecule has 1 nitrogen and oxygen atoms in total. The summed E-state index contributed by atoms with van der Waals surface area (Å²) in [4.78, 5) is 0. The average molecular weight is 210 g/mol. The molecule has 0 saturated heterocycles. The molecule has 1 aromatic rings. The first-order valence-corrected chi connectivity index (χ1v) is 5.28. The van der Waals surface area contributed by atoms with Gasteiger partial charge in [0.05, 0.1) is 6.10 Å². The summed E-state index contributed by atoms with van der Waals surface area (Å²) in [6.45, 7) is 9.96. The molecule has 1 rings (SSSR count). The van der Waals surface area contributed by atoms with Gasteiger partial charge >= 0.3 is 0 Å². The summed E-state index contributed by atoms with van der Waals surface area (Å²) in [6, 6.07) is 5.08. The van der Waals surface area contributed by atoms with E-state index < -0.39 is 0 Å². The summed E-state index contributed by atoms with van der Waals surface area (Å²) in [5.41, 5.74) is 0.808. The van der Waals surface area contributed by atoms with E-state index in [1.165, 1.54) is 6.07 Å². The molecule has 84 valence electrons. The van der Waals surface area contributed by atoms with E-state index in [4.69, 9.17) is 4.74 Å². The van der Waals surface area contributed by atoms with Crippen molar-refractivity contribution in [1.29, 1.82) is 0 Å². The predicted molar refractivity (Wildman–Crippen MR) is 60.9 cm³/mol. The van der Waals surface area contributed by atoms with Gasteiger partial charge in [-0.2, -0.15) is 0 Å². The molecule has 0 radical (unpaired) electrons. The summed E-state index contributed by atoms with van der Waals surface area (Å²) in [5.74, 6) is 0.108. The number of benzene rings is 1. The van der Waals surface area contributed by atoms with Crippen LogP contribution in [0.1, 0.15) is 40.2 Å². The Morgan fingerprint density at radius 2 is 1.80 bits per heavy atom. The number of hydrogen-bond acceptors (Lipinski definition) is 1. The predicted octanol–water partition coefficient (Wildman–Crippen LogP) is 3.91. The first kappa shape index (κ1) is 12.0. The smallest absolute Gasteiger partial charge is 0.165 e. The summed E-state index contributed by atoms with van der Waals surface area (Å²) >= 11 is 0. The number of halogens is 1. The van der Waals surface area contributed by atoms with Crippen molar-refractivity contribution < 1.29 is 9.13 Å². The third-order valence-electron chi connectivity index (χ3n) is 2.13. The van der Waals surface area contributed by atoms with Gasteiger partial charge in [-0.3, -0.25) is 0 Å². The molecule has 0 aliphatic carbocycles. The summed E-state index contributed by atoms with van der Waals surface area (Å²) in [5, 5.41) is 0. The fraction of sp³-hybridized carbons (Fsp3) is 0.538. The molecule has 15 heavy (non-hydrogen) atoms. The van der Waals surface area contributed by atoms with Gasteiger partial charge in [0.25, 0.3) is 0 Å². The van der Waals surface area contributed by atoms with Crippen molar-refractivity contribution in [3.63, 3.8) is 0 Å². The summed E-state index contributed by atoms with van der Waals surface area (Å²) < 4.78 is 19.1. The van der Waals surface area contributed by atoms with Crippen molar-refractivity contribution in [1.82, 2.24) is 0 Å². The van der Waals surface area contributed by atoms with Crippen LogP contribution >= 0.6 is 0 Å². The summed E-state index contributed by atoms with van der Waals surface area (Å²) in [6.07, 6.45) is -0.0111. The zero-order valence-electron chi connectivity index (χ0n) is 10.1. The Kier molecular flexibility index (Phi) is 3.38. The molecule has 0 fully saturated rings. The fourth-order valence-corrected chi connectivity index (χ4v) is 1.45. The molecule has 0 aliphatic rings. The van der Waals surface area contributed by atoms with Crippen molar-refractivity contribution in [2.24, 2.45) is 0 Å². The molecule has 0 unspecified atom stereocenters. The van der Waals surface area contributed by atoms with Crippen LogP contribution in [-0.4, -0.2) is 6.10 Å². The number of ether oxygens (including phenoxy) is 1. The van der Waals surface area contributed by atoms with Gasteiger partial charge in [-0.15, -0.1) is 0 Å². The number of hydrogen-bond donors (Lipinski definition) is 0. The van der Waals surface area contributed by atoms with E-state index in [0.29, 0.717) is 5.75 Å². The first-order chi connectivity index (χ1) is 6.82. The van der Waals surface area contributed by atoms with Crippen molar-refractivity contribution in [3.05, 3.63) is 29.6 Å². The second-order valence-corrected chi connectivity index (χ2v) is 5.03. The first-order valence-electron chi connectivity index (χ1n) is 5.28. The highest BCUT2D eigenvalue weighted by Gasteiger charge is 2.21. The van der Waals surface area contributed by atoms with Crippen LogP contribution in [0.15, 0.2) is 18.2 Å². The Morgan fingerprint density at radius 1 is 1.20 bits per heavy atom. The van der Waals surface area contributed by atoms with Crippen molar-refractivity contribution >= 4 is 0 Å². The molecule has 0 saturated carbocycles. The molecule has 0 heterocycles. The van der Waals surface area contributed by atoms with Crippen LogP contribution in [0.3, 0.4) is 0 Å². The molecule has 0 atom stereocenters. The van der Waals surface area contributed by atoms with Crippen LogP contribution in [0.5, 0.6) is 5.75 Å². The molecule has 0 N–H and O–H groups in total. The fourth-order valence-electron chi connectivity index (χ4n) is 1.45. The SMILES string of the molecule is CC(C)Oc1c(F)cccc1C(C)(C)C. The highest BCUT2D eigenvalue weighted by atomic mass is 19.1. The van der Waals surface area contributed by atoms with E-state index in [1.54, 1.807) is 6.07 Å². The highest BCUT2D eigenvalue weighted by molar-refractivity contribution is 5.39. The molecule has 0 spiro atoms. The summed E-state index contributed by atoms with van der Waals surface area (Å²) in [7, 11) is 0. The molecule has 2 heteroatoms. The lowest BCUT2D eigenvalue weighted by Crippen LogP contribution is -2.17. The minimum absolute atomic E-state index is 0.0111. The van der Waals surface area contributed by atoms with Gasteiger partial charge in [0.15, 0.2) is 11.6 Å². The molecular weight excluding hydrogens is 191 g/mol. The number of para-hydroxylation sites is 1. The van der Waals surface area contributed by atoms with E-state index in [0.717, 1.165) is 5.56 Å². The van der Waals surface area contributed by atoms with Crippen LogP contribution in [0.25, 0.3) is 0 Å². The standard InChI is InChI=1S/C13H19FO/c1-9(2)15-12-10(13(3,4)5)7-6-8-11(12)14/h6-9H,1-5H3. The van der Waals surface area contributed by atoms with E-state index in [-0.39, 0.29) is 17.3 Å². The highest BCUT2D eigenvalue weighted by Crippen LogP contribution is 2.33. The van der Waals surface area contributed by atoms with E-state index in [9.17, 15) is 4.39 Å². The molecule has 0 aromatic heterocycles. The molecular formula is C13H19FO. The van der Waals surface area contributed by atoms with Gasteiger partial charge in [0, 0.05) is 5.56 Å². The van der Waals surface area contributed by atoms with Crippen molar-refractivity contribution in [2.75, 3.05) is 0 Å². The number of rotatable bonds is 2. The van der Waals surface area contributed by atoms with Gasteiger partial charge in [0.2, 0.25) is 0 Å². The van der Waals surface area contributed by atoms with Crippen molar-refractivity contribution in [2.45, 2.75) is 46.1 Å². The third-order valence-corrected chi connectivity index (χ3v) is 2.13. The third kappa shape index (κ3) is 2.95. The van der Waals surface area contributed by atoms with Crippen LogP contribution in [-0.2, 0) is 5.41 Å². The van der Waals surface area contributed by atoms with E-state index in [2.05, 4.69) is 20.8 Å². The Labute approximate surface area is 91.3 Å². The van der Waals surface area contributed by atoms with Gasteiger partial charge in [-0.25, -0.2) is 4.39 Å². The van der Waals surface area contributed by atoms with Crippen LogP contribution in [0, 0.1) is 5.82 Å².